The van der Waals surface area contributed by atoms with Crippen molar-refractivity contribution in [2.24, 2.45) is 15.0 Å². The van der Waals surface area contributed by atoms with Gasteiger partial charge in [0.15, 0.2) is 0 Å². The molecule has 0 aliphatic heterocycles. The fraction of sp³-hybridized carbons (Fsp3) is 0.344. The van der Waals surface area contributed by atoms with E-state index in [0.29, 0.717) is 13.0 Å². The highest BCUT2D eigenvalue weighted by molar-refractivity contribution is 5.94. The molecule has 1 aliphatic carbocycles. The average Bonchev–Trinajstić information content (AvgIpc) is 4.06. The summed E-state index contributed by atoms with van der Waals surface area (Å²) in [5, 5.41) is 10.7. The van der Waals surface area contributed by atoms with E-state index in [9.17, 15) is 33.6 Å². The normalized spacial score (nSPS) is 12.9. The van der Waals surface area contributed by atoms with Crippen LogP contribution in [0.15, 0.2) is 155 Å². The van der Waals surface area contributed by atoms with Crippen LogP contribution in [0.5, 0.6) is 0 Å². The first-order valence-electron chi connectivity index (χ1n) is 26.7. The number of hydrogen-bond acceptors (Lipinski definition) is 14. The van der Waals surface area contributed by atoms with Gasteiger partial charge in [0.05, 0.1) is 19.6 Å². The largest absolute Gasteiger partial charge is 0.464 e. The van der Waals surface area contributed by atoms with Crippen LogP contribution in [0.25, 0.3) is 11.1 Å². The molecule has 18 nitrogen and oxygen atoms in total. The Kier molecular flexibility index (Phi) is 25.1. The van der Waals surface area contributed by atoms with Crippen molar-refractivity contribution in [1.82, 2.24) is 21.3 Å². The molecule has 4 N–H and O–H groups in total. The second kappa shape index (κ2) is 33.4. The Hall–Kier alpha value is -8.80. The molecule has 3 atom stereocenters. The number of rotatable bonds is 32. The van der Waals surface area contributed by atoms with Crippen LogP contribution < -0.4 is 21.3 Å². The highest BCUT2D eigenvalue weighted by Gasteiger charge is 2.33. The minimum absolute atomic E-state index is 0.0161. The molecule has 0 fully saturated rings. The zero-order valence-electron chi connectivity index (χ0n) is 44.5. The van der Waals surface area contributed by atoms with E-state index in [1.54, 1.807) is 18.6 Å². The zero-order valence-corrected chi connectivity index (χ0v) is 44.5. The molecule has 0 bridgehead atoms. The smallest absolute Gasteiger partial charge is 0.407 e. The summed E-state index contributed by atoms with van der Waals surface area (Å²) in [7, 11) is 0. The minimum atomic E-state index is -1.50. The number of fused-ring (bicyclic) bond motifs is 3. The summed E-state index contributed by atoms with van der Waals surface area (Å²) in [6.45, 7) is 2.55. The molecule has 6 rings (SSSR count). The summed E-state index contributed by atoms with van der Waals surface area (Å²) in [5.41, 5.74) is 6.58. The van der Waals surface area contributed by atoms with Crippen molar-refractivity contribution >= 4 is 60.4 Å². The summed E-state index contributed by atoms with van der Waals surface area (Å²) in [6.07, 6.45) is 3.67. The minimum Gasteiger partial charge on any atom is -0.464 e. The first-order valence-corrected chi connectivity index (χ1v) is 26.7. The van der Waals surface area contributed by atoms with Crippen LogP contribution in [0.1, 0.15) is 92.0 Å². The number of nitrogens with zero attached hydrogens (tertiary/aromatic N) is 3. The van der Waals surface area contributed by atoms with Gasteiger partial charge in [0, 0.05) is 50.4 Å². The van der Waals surface area contributed by atoms with Crippen LogP contribution in [-0.2, 0) is 47.7 Å². The third kappa shape index (κ3) is 20.9. The lowest BCUT2D eigenvalue weighted by Gasteiger charge is -2.25. The number of nitrogens with one attached hydrogen (secondary N) is 4. The number of alkyl carbamates (subject to hydrolysis) is 1. The Labute approximate surface area is 460 Å². The van der Waals surface area contributed by atoms with Crippen LogP contribution >= 0.6 is 0 Å². The van der Waals surface area contributed by atoms with Gasteiger partial charge in [-0.3, -0.25) is 43.7 Å². The molecule has 4 amide bonds. The number of benzene rings is 5. The van der Waals surface area contributed by atoms with E-state index in [1.165, 1.54) is 0 Å². The molecule has 0 radical (unpaired) electrons. The van der Waals surface area contributed by atoms with Crippen molar-refractivity contribution in [3.63, 3.8) is 0 Å². The number of esters is 3. The second-order valence-electron chi connectivity index (χ2n) is 18.4. The average molecular weight is 1080 g/mol. The second-order valence-corrected chi connectivity index (χ2v) is 18.4. The Morgan fingerprint density at radius 3 is 1.24 bits per heavy atom. The maximum absolute atomic E-state index is 14.5. The van der Waals surface area contributed by atoms with Gasteiger partial charge >= 0.3 is 24.0 Å². The topological polar surface area (TPSA) is 242 Å². The quantitative estimate of drug-likeness (QED) is 0.0146. The maximum Gasteiger partial charge on any atom is 0.407 e. The molecule has 0 spiro atoms. The standard InChI is InChI=1S/C61H69N7O11/c1-2-3-33-65-58(72)52(27-30-55(69)76-37-34-62-40-44-17-7-4-8-18-44)66-59(73)53(28-31-56(70)77-38-35-63-41-45-19-9-5-10-20-45)67-60(74)54(29-32-57(71)78-39-36-64-42-46-21-11-6-12-22-46)68-61(75)79-43-51-49-25-15-13-23-47(49)48-24-14-16-26-50(48)51/h4-26,40-42,51-54H,2-3,27-39,43H2,1H3,(H,65,72)(H,66,73)(H,67,74)(H,68,75)/t52-,53-,54-/m0/s1. The monoisotopic (exact) mass is 1080 g/mol. The third-order valence-corrected chi connectivity index (χ3v) is 12.5. The molecule has 0 saturated carbocycles. The molecular formula is C61H69N7O11. The van der Waals surface area contributed by atoms with Gasteiger partial charge in [0.2, 0.25) is 17.7 Å². The van der Waals surface area contributed by atoms with Crippen molar-refractivity contribution in [3.8, 4) is 11.1 Å². The first kappa shape index (κ1) is 59.4. The van der Waals surface area contributed by atoms with Crippen LogP contribution in [0, 0.1) is 0 Å². The van der Waals surface area contributed by atoms with Crippen molar-refractivity contribution < 1.29 is 52.5 Å². The number of hydrogen-bond donors (Lipinski definition) is 4. The highest BCUT2D eigenvalue weighted by atomic mass is 16.6. The summed E-state index contributed by atoms with van der Waals surface area (Å²) >= 11 is 0. The number of carbonyl (C=O) groups is 7. The van der Waals surface area contributed by atoms with E-state index in [1.807, 2.05) is 146 Å². The van der Waals surface area contributed by atoms with Gasteiger partial charge in [-0.05, 0) is 64.6 Å². The number of ether oxygens (including phenoxy) is 4. The molecular weight excluding hydrogens is 1010 g/mol. The Morgan fingerprint density at radius 1 is 0.468 bits per heavy atom. The third-order valence-electron chi connectivity index (χ3n) is 12.5. The summed E-state index contributed by atoms with van der Waals surface area (Å²) in [4.78, 5) is 108. The van der Waals surface area contributed by atoms with E-state index in [4.69, 9.17) is 18.9 Å². The van der Waals surface area contributed by atoms with Crippen molar-refractivity contribution in [2.75, 3.05) is 52.6 Å². The lowest BCUT2D eigenvalue weighted by Crippen LogP contribution is -2.57. The van der Waals surface area contributed by atoms with E-state index in [2.05, 4.69) is 36.2 Å². The van der Waals surface area contributed by atoms with Gasteiger partial charge in [-0.25, -0.2) is 4.79 Å². The summed E-state index contributed by atoms with van der Waals surface area (Å²) in [5.74, 6) is -4.67. The summed E-state index contributed by atoms with van der Waals surface area (Å²) in [6, 6.07) is 39.5. The number of carbonyl (C=O) groups excluding carboxylic acids is 7. The lowest BCUT2D eigenvalue weighted by molar-refractivity contribution is -0.145. The fourth-order valence-corrected chi connectivity index (χ4v) is 8.41. The molecule has 0 unspecified atom stereocenters. The van der Waals surface area contributed by atoms with Crippen LogP contribution in [0.4, 0.5) is 4.79 Å². The number of amides is 4. The van der Waals surface area contributed by atoms with E-state index >= 15 is 0 Å². The van der Waals surface area contributed by atoms with Crippen LogP contribution in [0.2, 0.25) is 0 Å². The van der Waals surface area contributed by atoms with Gasteiger partial charge in [-0.2, -0.15) is 0 Å². The van der Waals surface area contributed by atoms with Crippen LogP contribution in [0.3, 0.4) is 0 Å². The molecule has 0 heterocycles. The Bertz CT molecular complexity index is 2800. The molecule has 1 aliphatic rings. The molecule has 18 heteroatoms. The zero-order chi connectivity index (χ0) is 55.9. The molecule has 0 saturated heterocycles. The fourth-order valence-electron chi connectivity index (χ4n) is 8.41. The highest BCUT2D eigenvalue weighted by Crippen LogP contribution is 2.44. The van der Waals surface area contributed by atoms with Gasteiger partial charge in [0.1, 0.15) is 44.6 Å². The van der Waals surface area contributed by atoms with Crippen molar-refractivity contribution in [3.05, 3.63) is 167 Å². The lowest BCUT2D eigenvalue weighted by atomic mass is 9.98. The molecule has 414 valence electrons. The molecule has 5 aromatic carbocycles. The van der Waals surface area contributed by atoms with Gasteiger partial charge < -0.3 is 40.2 Å². The molecule has 5 aromatic rings. The van der Waals surface area contributed by atoms with Crippen molar-refractivity contribution in [1.29, 1.82) is 0 Å². The van der Waals surface area contributed by atoms with E-state index in [0.717, 1.165) is 45.4 Å². The van der Waals surface area contributed by atoms with Crippen molar-refractivity contribution in [2.45, 2.75) is 82.3 Å². The SMILES string of the molecule is CCCCNC(=O)[C@H](CCC(=O)OCCN=Cc1ccccc1)NC(=O)[C@H](CCC(=O)OCCN=Cc1ccccc1)NC(=O)[C@H](CCC(=O)OCCN=Cc1ccccc1)NC(=O)OCC1c2ccccc2-c2ccccc21. The molecule has 79 heavy (non-hydrogen) atoms. The van der Waals surface area contributed by atoms with E-state index in [-0.39, 0.29) is 90.5 Å². The molecule has 0 aromatic heterocycles. The Balaban J connectivity index is 1.15. The van der Waals surface area contributed by atoms with Gasteiger partial charge in [0.25, 0.3) is 0 Å². The van der Waals surface area contributed by atoms with E-state index < -0.39 is 59.8 Å². The first-order chi connectivity index (χ1) is 38.6. The summed E-state index contributed by atoms with van der Waals surface area (Å²) < 4.78 is 22.0. The predicted octanol–water partition coefficient (Wildman–Crippen LogP) is 7.11. The number of unbranched alkanes of at least 4 members (excludes halogenated alkanes) is 1. The number of aliphatic imine (C=N–C) groups is 3. The van der Waals surface area contributed by atoms with Gasteiger partial charge in [-0.1, -0.05) is 153 Å². The Morgan fingerprint density at radius 2 is 0.835 bits per heavy atom. The predicted molar refractivity (Wildman–Crippen MR) is 301 cm³/mol. The maximum atomic E-state index is 14.5. The van der Waals surface area contributed by atoms with Crippen LogP contribution in [-0.4, -0.2) is 131 Å². The van der Waals surface area contributed by atoms with Gasteiger partial charge in [-0.15, -0.1) is 0 Å².